The van der Waals surface area contributed by atoms with Crippen LogP contribution in [0.5, 0.6) is 0 Å². The molecule has 56 valence electrons. The predicted octanol–water partition coefficient (Wildman–Crippen LogP) is 2.16. The van der Waals surface area contributed by atoms with E-state index < -0.39 is 5.60 Å². The van der Waals surface area contributed by atoms with Crippen molar-refractivity contribution in [2.24, 2.45) is 0 Å². The highest BCUT2D eigenvalue weighted by Crippen LogP contribution is 2.16. The maximum absolute atomic E-state index is 9.23. The van der Waals surface area contributed by atoms with Gasteiger partial charge in [-0.3, -0.25) is 0 Å². The Morgan fingerprint density at radius 2 is 2.00 bits per heavy atom. The van der Waals surface area contributed by atoms with Gasteiger partial charge in [0, 0.05) is 5.38 Å². The van der Waals surface area contributed by atoms with Crippen molar-refractivity contribution in [1.29, 1.82) is 0 Å². The Kier molecular flexibility index (Phi) is 3.52. The lowest BCUT2D eigenvalue weighted by Crippen LogP contribution is -2.22. The maximum atomic E-state index is 9.23. The molecule has 9 heavy (non-hydrogen) atoms. The van der Waals surface area contributed by atoms with Crippen LogP contribution >= 0.6 is 11.6 Å². The molecule has 0 saturated heterocycles. The molecule has 0 saturated carbocycles. The van der Waals surface area contributed by atoms with Gasteiger partial charge in [0.1, 0.15) is 0 Å². The fourth-order valence-electron chi connectivity index (χ4n) is 0.686. The molecule has 0 spiro atoms. The second kappa shape index (κ2) is 3.43. The van der Waals surface area contributed by atoms with E-state index in [2.05, 4.69) is 0 Å². The average Bonchev–Trinajstić information content (AvgIpc) is 1.62. The van der Waals surface area contributed by atoms with Gasteiger partial charge in [0.15, 0.2) is 0 Å². The summed E-state index contributed by atoms with van der Waals surface area (Å²) in [6, 6.07) is 0. The van der Waals surface area contributed by atoms with Crippen molar-refractivity contribution in [1.82, 2.24) is 0 Å². The first-order chi connectivity index (χ1) is 3.95. The zero-order valence-corrected chi connectivity index (χ0v) is 7.07. The van der Waals surface area contributed by atoms with Crippen molar-refractivity contribution < 1.29 is 5.11 Å². The van der Waals surface area contributed by atoms with E-state index in [1.165, 1.54) is 0 Å². The summed E-state index contributed by atoms with van der Waals surface area (Å²) >= 11 is 5.79. The summed E-state index contributed by atoms with van der Waals surface area (Å²) in [6.45, 7) is 5.57. The molecule has 2 heteroatoms. The molecule has 0 aliphatic heterocycles. The Morgan fingerprint density at radius 1 is 1.56 bits per heavy atom. The number of aliphatic hydroxyl groups is 1. The summed E-state index contributed by atoms with van der Waals surface area (Å²) in [5, 5.41) is 9.35. The van der Waals surface area contributed by atoms with Gasteiger partial charge < -0.3 is 5.11 Å². The van der Waals surface area contributed by atoms with E-state index >= 15 is 0 Å². The summed E-state index contributed by atoms with van der Waals surface area (Å²) in [5.74, 6) is 0. The molecule has 0 aromatic carbocycles. The van der Waals surface area contributed by atoms with Gasteiger partial charge in [-0.1, -0.05) is 6.92 Å². The molecule has 0 aromatic heterocycles. The summed E-state index contributed by atoms with van der Waals surface area (Å²) in [5.41, 5.74) is -0.609. The molecule has 1 atom stereocenters. The second-order valence-corrected chi connectivity index (χ2v) is 3.64. The first-order valence-corrected chi connectivity index (χ1v) is 3.76. The predicted molar refractivity (Wildman–Crippen MR) is 40.8 cm³/mol. The van der Waals surface area contributed by atoms with Gasteiger partial charge in [0.2, 0.25) is 0 Å². The largest absolute Gasteiger partial charge is 0.390 e. The molecule has 0 aromatic rings. The minimum Gasteiger partial charge on any atom is -0.390 e. The molecule has 0 radical (unpaired) electrons. The lowest BCUT2D eigenvalue weighted by Gasteiger charge is -2.19. The van der Waals surface area contributed by atoms with Crippen molar-refractivity contribution >= 4 is 11.6 Å². The Labute approximate surface area is 62.0 Å². The maximum Gasteiger partial charge on any atom is 0.0605 e. The van der Waals surface area contributed by atoms with Crippen LogP contribution in [0.25, 0.3) is 0 Å². The van der Waals surface area contributed by atoms with Crippen LogP contribution in [-0.2, 0) is 0 Å². The van der Waals surface area contributed by atoms with Crippen LogP contribution in [0.1, 0.15) is 33.6 Å². The third-order valence-corrected chi connectivity index (χ3v) is 1.63. The molecule has 0 aliphatic carbocycles. The Balaban J connectivity index is 3.47. The van der Waals surface area contributed by atoms with Gasteiger partial charge in [-0.15, -0.1) is 11.6 Å². The third-order valence-electron chi connectivity index (χ3n) is 1.16. The van der Waals surface area contributed by atoms with E-state index in [9.17, 15) is 5.11 Å². The van der Waals surface area contributed by atoms with Crippen LogP contribution in [0.3, 0.4) is 0 Å². The Hall–Kier alpha value is 0.250. The summed E-state index contributed by atoms with van der Waals surface area (Å²) < 4.78 is 0. The summed E-state index contributed by atoms with van der Waals surface area (Å²) in [4.78, 5) is 0. The van der Waals surface area contributed by atoms with Crippen LogP contribution in [0.2, 0.25) is 0 Å². The molecule has 0 fully saturated rings. The molecule has 0 aliphatic rings. The van der Waals surface area contributed by atoms with Crippen molar-refractivity contribution in [3.63, 3.8) is 0 Å². The normalized spacial score (nSPS) is 15.7. The molecule has 0 bridgehead atoms. The standard InChI is InChI=1S/C7H15ClO/c1-4-6(8)5-7(2,3)9/h6,9H,4-5H2,1-3H3. The van der Waals surface area contributed by atoms with E-state index in [-0.39, 0.29) is 5.38 Å². The molecule has 0 heterocycles. The van der Waals surface area contributed by atoms with Crippen molar-refractivity contribution in [3.05, 3.63) is 0 Å². The highest BCUT2D eigenvalue weighted by molar-refractivity contribution is 6.20. The SMILES string of the molecule is CCC(Cl)CC(C)(C)O. The van der Waals surface area contributed by atoms with E-state index in [1.807, 2.05) is 6.92 Å². The van der Waals surface area contributed by atoms with Gasteiger partial charge >= 0.3 is 0 Å². The highest BCUT2D eigenvalue weighted by Gasteiger charge is 2.16. The van der Waals surface area contributed by atoms with Crippen LogP contribution in [0, 0.1) is 0 Å². The van der Waals surface area contributed by atoms with Crippen LogP contribution in [0.15, 0.2) is 0 Å². The lowest BCUT2D eigenvalue weighted by molar-refractivity contribution is 0.0698. The minimum atomic E-state index is -0.609. The zero-order chi connectivity index (χ0) is 7.49. The Bertz CT molecular complexity index is 75.5. The fourth-order valence-corrected chi connectivity index (χ4v) is 1.06. The van der Waals surface area contributed by atoms with Crippen LogP contribution in [0.4, 0.5) is 0 Å². The summed E-state index contributed by atoms with van der Waals surface area (Å²) in [6.07, 6.45) is 1.59. The molecular formula is C7H15ClO. The van der Waals surface area contributed by atoms with E-state index in [4.69, 9.17) is 11.6 Å². The van der Waals surface area contributed by atoms with Crippen molar-refractivity contribution in [3.8, 4) is 0 Å². The first-order valence-electron chi connectivity index (χ1n) is 3.32. The fraction of sp³-hybridized carbons (Fsp3) is 1.00. The van der Waals surface area contributed by atoms with Crippen LogP contribution < -0.4 is 0 Å². The van der Waals surface area contributed by atoms with Gasteiger partial charge in [0.05, 0.1) is 5.60 Å². The Morgan fingerprint density at radius 3 is 2.11 bits per heavy atom. The number of alkyl halides is 1. The van der Waals surface area contributed by atoms with E-state index in [1.54, 1.807) is 13.8 Å². The first kappa shape index (κ1) is 9.25. The number of rotatable bonds is 3. The van der Waals surface area contributed by atoms with Gasteiger partial charge in [-0.05, 0) is 26.7 Å². The van der Waals surface area contributed by atoms with E-state index in [0.29, 0.717) is 6.42 Å². The van der Waals surface area contributed by atoms with Crippen molar-refractivity contribution in [2.75, 3.05) is 0 Å². The minimum absolute atomic E-state index is 0.116. The third kappa shape index (κ3) is 6.13. The summed E-state index contributed by atoms with van der Waals surface area (Å²) in [7, 11) is 0. The van der Waals surface area contributed by atoms with Crippen LogP contribution in [-0.4, -0.2) is 16.1 Å². The topological polar surface area (TPSA) is 20.2 Å². The number of hydrogen-bond donors (Lipinski definition) is 1. The smallest absolute Gasteiger partial charge is 0.0605 e. The molecule has 1 nitrogen and oxygen atoms in total. The molecule has 1 unspecified atom stereocenters. The molecular weight excluding hydrogens is 136 g/mol. The highest BCUT2D eigenvalue weighted by atomic mass is 35.5. The average molecular weight is 151 g/mol. The molecule has 0 rings (SSSR count). The van der Waals surface area contributed by atoms with Gasteiger partial charge in [-0.25, -0.2) is 0 Å². The lowest BCUT2D eigenvalue weighted by atomic mass is 10.0. The monoisotopic (exact) mass is 150 g/mol. The van der Waals surface area contributed by atoms with Gasteiger partial charge in [0.25, 0.3) is 0 Å². The second-order valence-electron chi connectivity index (χ2n) is 3.02. The molecule has 0 amide bonds. The number of halogens is 1. The van der Waals surface area contributed by atoms with Crippen molar-refractivity contribution in [2.45, 2.75) is 44.6 Å². The zero-order valence-electron chi connectivity index (χ0n) is 6.32. The van der Waals surface area contributed by atoms with E-state index in [0.717, 1.165) is 6.42 Å². The molecule has 1 N–H and O–H groups in total. The number of hydrogen-bond acceptors (Lipinski definition) is 1. The quantitative estimate of drug-likeness (QED) is 0.612. The van der Waals surface area contributed by atoms with Gasteiger partial charge in [-0.2, -0.15) is 0 Å².